The highest BCUT2D eigenvalue weighted by Gasteiger charge is 2.30. The molecule has 2 aromatic carbocycles. The quantitative estimate of drug-likeness (QED) is 0.337. The average molecular weight is 443 g/mol. The van der Waals surface area contributed by atoms with Gasteiger partial charge in [0.05, 0.1) is 13.7 Å². The first-order valence-corrected chi connectivity index (χ1v) is 11.9. The Labute approximate surface area is 190 Å². The first-order chi connectivity index (χ1) is 14.7. The van der Waals surface area contributed by atoms with Crippen molar-refractivity contribution in [2.75, 3.05) is 13.7 Å². The molecule has 168 valence electrons. The first kappa shape index (κ1) is 25.0. The Balaban J connectivity index is 2.46. The van der Waals surface area contributed by atoms with E-state index in [1.54, 1.807) is 14.0 Å². The highest BCUT2D eigenvalue weighted by molar-refractivity contribution is 8.00. The van der Waals surface area contributed by atoms with Crippen LogP contribution in [0, 0.1) is 19.8 Å². The van der Waals surface area contributed by atoms with Gasteiger partial charge in [-0.1, -0.05) is 39.0 Å². The SMILES string of the molecule is CCOC(=O)C(SCc1ccc(OC)cc1-c1c(C)cc(CC)cc1C)C(=O)C(C)C. The predicted molar refractivity (Wildman–Crippen MR) is 129 cm³/mol. The van der Waals surface area contributed by atoms with Crippen LogP contribution in [0.3, 0.4) is 0 Å². The Kier molecular flexibility index (Phi) is 9.17. The molecule has 5 heteroatoms. The van der Waals surface area contributed by atoms with Crippen LogP contribution in [0.25, 0.3) is 11.1 Å². The lowest BCUT2D eigenvalue weighted by Gasteiger charge is -2.20. The first-order valence-electron chi connectivity index (χ1n) is 10.8. The van der Waals surface area contributed by atoms with Gasteiger partial charge in [0.25, 0.3) is 0 Å². The van der Waals surface area contributed by atoms with Gasteiger partial charge in [-0.25, -0.2) is 0 Å². The van der Waals surface area contributed by atoms with Gasteiger partial charge < -0.3 is 9.47 Å². The minimum Gasteiger partial charge on any atom is -0.497 e. The van der Waals surface area contributed by atoms with E-state index in [-0.39, 0.29) is 18.3 Å². The zero-order valence-electron chi connectivity index (χ0n) is 19.7. The van der Waals surface area contributed by atoms with Gasteiger partial charge in [0.2, 0.25) is 0 Å². The summed E-state index contributed by atoms with van der Waals surface area (Å²) in [6, 6.07) is 10.4. The highest BCUT2D eigenvalue weighted by atomic mass is 32.2. The number of thioether (sulfide) groups is 1. The van der Waals surface area contributed by atoms with E-state index in [4.69, 9.17) is 9.47 Å². The normalized spacial score (nSPS) is 12.0. The van der Waals surface area contributed by atoms with Crippen LogP contribution in [0.2, 0.25) is 0 Å². The van der Waals surface area contributed by atoms with Crippen LogP contribution in [0.1, 0.15) is 49.9 Å². The van der Waals surface area contributed by atoms with Crippen LogP contribution >= 0.6 is 11.8 Å². The molecule has 0 heterocycles. The molecule has 0 saturated carbocycles. The van der Waals surface area contributed by atoms with E-state index in [9.17, 15) is 9.59 Å². The van der Waals surface area contributed by atoms with Gasteiger partial charge in [-0.05, 0) is 72.7 Å². The number of hydrogen-bond donors (Lipinski definition) is 0. The summed E-state index contributed by atoms with van der Waals surface area (Å²) in [5.74, 6) is 0.514. The lowest BCUT2D eigenvalue weighted by Crippen LogP contribution is -2.32. The van der Waals surface area contributed by atoms with Crippen molar-refractivity contribution in [2.24, 2.45) is 5.92 Å². The molecule has 1 unspecified atom stereocenters. The molecule has 0 aliphatic rings. The highest BCUT2D eigenvalue weighted by Crippen LogP contribution is 2.36. The third-order valence-corrected chi connectivity index (χ3v) is 6.56. The molecule has 0 radical (unpaired) electrons. The average Bonchev–Trinajstić information content (AvgIpc) is 2.73. The molecule has 0 N–H and O–H groups in total. The standard InChI is InChI=1S/C26H34O4S/c1-8-19-12-17(5)23(18(6)13-19)22-14-21(29-7)11-10-20(22)15-31-25(24(27)16(3)4)26(28)30-9-2/h10-14,16,25H,8-9,15H2,1-7H3. The van der Waals surface area contributed by atoms with Crippen molar-refractivity contribution in [1.82, 2.24) is 0 Å². The van der Waals surface area contributed by atoms with Crippen LogP contribution < -0.4 is 4.74 Å². The molecule has 2 aromatic rings. The minimum absolute atomic E-state index is 0.0989. The fourth-order valence-electron chi connectivity index (χ4n) is 3.68. The lowest BCUT2D eigenvalue weighted by molar-refractivity contribution is -0.145. The van der Waals surface area contributed by atoms with Gasteiger partial charge >= 0.3 is 5.97 Å². The van der Waals surface area contributed by atoms with Crippen LogP contribution in [0.4, 0.5) is 0 Å². The fraction of sp³-hybridized carbons (Fsp3) is 0.462. The molecule has 0 aromatic heterocycles. The number of carbonyl (C=O) groups is 2. The molecular weight excluding hydrogens is 408 g/mol. The molecule has 0 amide bonds. The van der Waals surface area contributed by atoms with Crippen molar-refractivity contribution in [2.45, 2.75) is 59.0 Å². The fourth-order valence-corrected chi connectivity index (χ4v) is 4.92. The number of Topliss-reactive ketones (excluding diaryl/α,β-unsaturated/α-hetero) is 1. The molecule has 0 aliphatic carbocycles. The minimum atomic E-state index is -0.820. The maximum absolute atomic E-state index is 12.7. The zero-order valence-corrected chi connectivity index (χ0v) is 20.5. The zero-order chi connectivity index (χ0) is 23.1. The number of benzene rings is 2. The van der Waals surface area contributed by atoms with Gasteiger partial charge in [0, 0.05) is 11.7 Å². The number of esters is 1. The Morgan fingerprint density at radius 2 is 1.68 bits per heavy atom. The van der Waals surface area contributed by atoms with Crippen molar-refractivity contribution >= 4 is 23.5 Å². The molecule has 0 saturated heterocycles. The number of aryl methyl sites for hydroxylation is 3. The third-order valence-electron chi connectivity index (χ3n) is 5.32. The van der Waals surface area contributed by atoms with E-state index in [1.807, 2.05) is 32.0 Å². The summed E-state index contributed by atoms with van der Waals surface area (Å²) in [7, 11) is 1.66. The maximum atomic E-state index is 12.7. The Morgan fingerprint density at radius 1 is 1.03 bits per heavy atom. The largest absolute Gasteiger partial charge is 0.497 e. The van der Waals surface area contributed by atoms with E-state index < -0.39 is 11.2 Å². The van der Waals surface area contributed by atoms with E-state index in [1.165, 1.54) is 34.0 Å². The summed E-state index contributed by atoms with van der Waals surface area (Å²) in [5, 5.41) is -0.820. The third kappa shape index (κ3) is 6.13. The van der Waals surface area contributed by atoms with Crippen molar-refractivity contribution < 1.29 is 19.1 Å². The molecule has 2 rings (SSSR count). The van der Waals surface area contributed by atoms with E-state index in [0.29, 0.717) is 5.75 Å². The van der Waals surface area contributed by atoms with Crippen molar-refractivity contribution in [3.05, 3.63) is 52.6 Å². The summed E-state index contributed by atoms with van der Waals surface area (Å²) < 4.78 is 10.7. The number of methoxy groups -OCH3 is 1. The summed E-state index contributed by atoms with van der Waals surface area (Å²) in [6.45, 7) is 12.1. The van der Waals surface area contributed by atoms with Crippen molar-refractivity contribution in [3.8, 4) is 16.9 Å². The number of ether oxygens (including phenoxy) is 2. The topological polar surface area (TPSA) is 52.6 Å². The molecular formula is C26H34O4S. The van der Waals surface area contributed by atoms with E-state index in [0.717, 1.165) is 23.3 Å². The number of carbonyl (C=O) groups excluding carboxylic acids is 2. The summed E-state index contributed by atoms with van der Waals surface area (Å²) in [6.07, 6.45) is 0.987. The molecule has 0 aliphatic heterocycles. The van der Waals surface area contributed by atoms with Gasteiger partial charge in [0.15, 0.2) is 11.0 Å². The Hall–Kier alpha value is -2.27. The van der Waals surface area contributed by atoms with E-state index >= 15 is 0 Å². The molecule has 4 nitrogen and oxygen atoms in total. The van der Waals surface area contributed by atoms with Gasteiger partial charge in [-0.3, -0.25) is 9.59 Å². The second-order valence-corrected chi connectivity index (χ2v) is 9.07. The molecule has 0 fully saturated rings. The Bertz CT molecular complexity index is 910. The van der Waals surface area contributed by atoms with Gasteiger partial charge in [0.1, 0.15) is 5.75 Å². The molecule has 0 spiro atoms. The van der Waals surface area contributed by atoms with Crippen molar-refractivity contribution in [3.63, 3.8) is 0 Å². The molecule has 31 heavy (non-hydrogen) atoms. The second kappa shape index (κ2) is 11.4. The summed E-state index contributed by atoms with van der Waals surface area (Å²) in [5.41, 5.74) is 7.03. The smallest absolute Gasteiger partial charge is 0.326 e. The number of hydrogen-bond acceptors (Lipinski definition) is 5. The van der Waals surface area contributed by atoms with Gasteiger partial charge in [-0.2, -0.15) is 0 Å². The number of ketones is 1. The van der Waals surface area contributed by atoms with Crippen LogP contribution in [0.5, 0.6) is 5.75 Å². The van der Waals surface area contributed by atoms with E-state index in [2.05, 4.69) is 32.9 Å². The number of rotatable bonds is 10. The second-order valence-electron chi connectivity index (χ2n) is 7.98. The summed E-state index contributed by atoms with van der Waals surface area (Å²) >= 11 is 1.34. The van der Waals surface area contributed by atoms with Gasteiger partial charge in [-0.15, -0.1) is 11.8 Å². The predicted octanol–water partition coefficient (Wildman–Crippen LogP) is 5.93. The Morgan fingerprint density at radius 3 is 2.19 bits per heavy atom. The van der Waals surface area contributed by atoms with Crippen LogP contribution in [-0.4, -0.2) is 30.7 Å². The van der Waals surface area contributed by atoms with Crippen LogP contribution in [0.15, 0.2) is 30.3 Å². The molecule has 0 bridgehead atoms. The monoisotopic (exact) mass is 442 g/mol. The van der Waals surface area contributed by atoms with Crippen LogP contribution in [-0.2, 0) is 26.5 Å². The lowest BCUT2D eigenvalue weighted by atomic mass is 9.90. The summed E-state index contributed by atoms with van der Waals surface area (Å²) in [4.78, 5) is 25.1. The molecule has 1 atom stereocenters. The maximum Gasteiger partial charge on any atom is 0.326 e. The van der Waals surface area contributed by atoms with Crippen molar-refractivity contribution in [1.29, 1.82) is 0 Å².